The summed E-state index contributed by atoms with van der Waals surface area (Å²) < 4.78 is 27.3. The Kier molecular flexibility index (Phi) is 4.62. The quantitative estimate of drug-likeness (QED) is 0.904. The molecule has 1 aromatic rings. The molecule has 1 aliphatic rings. The fraction of sp³-hybridized carbons (Fsp3) is 0.615. The molecule has 0 amide bonds. The van der Waals surface area contributed by atoms with E-state index in [-0.39, 0.29) is 5.92 Å². The molecule has 0 aromatic carbocycles. The predicted molar refractivity (Wildman–Crippen MR) is 79.9 cm³/mol. The Morgan fingerprint density at radius 3 is 2.85 bits per heavy atom. The van der Waals surface area contributed by atoms with Crippen molar-refractivity contribution in [1.82, 2.24) is 13.6 Å². The largest absolute Gasteiger partial charge is 0.373 e. The summed E-state index contributed by atoms with van der Waals surface area (Å²) in [7, 11) is 1.66. The Morgan fingerprint density at radius 2 is 2.20 bits per heavy atom. The first-order valence-corrected chi connectivity index (χ1v) is 8.16. The van der Waals surface area contributed by atoms with Gasteiger partial charge in [0.25, 0.3) is 10.2 Å². The molecule has 112 valence electrons. The van der Waals surface area contributed by atoms with E-state index >= 15 is 0 Å². The number of hydrogen-bond donors (Lipinski definition) is 1. The lowest BCUT2D eigenvalue weighted by Crippen LogP contribution is -2.44. The minimum absolute atomic E-state index is 0.230. The highest BCUT2D eigenvalue weighted by atomic mass is 32.2. The lowest BCUT2D eigenvalue weighted by molar-refractivity contribution is 0.298. The molecule has 0 saturated carbocycles. The van der Waals surface area contributed by atoms with Crippen LogP contribution in [-0.4, -0.2) is 56.2 Å². The average Bonchev–Trinajstić information content (AvgIpc) is 2.47. The summed E-state index contributed by atoms with van der Waals surface area (Å²) in [5.41, 5.74) is 1.14. The fourth-order valence-corrected chi connectivity index (χ4v) is 3.68. The van der Waals surface area contributed by atoms with Crippen molar-refractivity contribution in [3.05, 3.63) is 23.9 Å². The Bertz CT molecular complexity index is 559. The van der Waals surface area contributed by atoms with Crippen molar-refractivity contribution in [3.8, 4) is 0 Å². The van der Waals surface area contributed by atoms with E-state index in [9.17, 15) is 8.42 Å². The minimum atomic E-state index is -3.32. The van der Waals surface area contributed by atoms with Crippen LogP contribution in [0.5, 0.6) is 0 Å². The molecule has 1 saturated heterocycles. The van der Waals surface area contributed by atoms with Crippen LogP contribution in [-0.2, 0) is 10.2 Å². The van der Waals surface area contributed by atoms with Gasteiger partial charge in [-0.1, -0.05) is 0 Å². The monoisotopic (exact) mass is 298 g/mol. The molecule has 20 heavy (non-hydrogen) atoms. The van der Waals surface area contributed by atoms with Gasteiger partial charge in [0.15, 0.2) is 0 Å². The summed E-state index contributed by atoms with van der Waals surface area (Å²) >= 11 is 0. The van der Waals surface area contributed by atoms with E-state index in [0.717, 1.165) is 24.2 Å². The van der Waals surface area contributed by atoms with Gasteiger partial charge in [-0.3, -0.25) is 0 Å². The van der Waals surface area contributed by atoms with Gasteiger partial charge in [-0.2, -0.15) is 17.0 Å². The Balaban J connectivity index is 2.18. The van der Waals surface area contributed by atoms with Gasteiger partial charge < -0.3 is 5.32 Å². The maximum atomic E-state index is 12.2. The third kappa shape index (κ3) is 3.11. The second-order valence-corrected chi connectivity index (χ2v) is 7.35. The molecule has 1 fully saturated rings. The zero-order valence-electron chi connectivity index (χ0n) is 12.2. The number of rotatable bonds is 4. The third-order valence-electron chi connectivity index (χ3n) is 3.68. The van der Waals surface area contributed by atoms with E-state index in [2.05, 4.69) is 10.3 Å². The van der Waals surface area contributed by atoms with Gasteiger partial charge in [-0.15, -0.1) is 0 Å². The number of hydrogen-bond acceptors (Lipinski definition) is 4. The standard InChI is InChI=1S/C13H22N4O2S/c1-14-13-9-11(6-7-15-13)12-5-4-8-17(10-12)20(18,19)16(2)3/h6-7,9,12H,4-5,8,10H2,1-3H3,(H,14,15)/t12-/m1/s1. The van der Waals surface area contributed by atoms with Crippen LogP contribution in [0, 0.1) is 0 Å². The molecule has 7 heteroatoms. The number of anilines is 1. The van der Waals surface area contributed by atoms with Gasteiger partial charge >= 0.3 is 0 Å². The second-order valence-electron chi connectivity index (χ2n) is 5.21. The van der Waals surface area contributed by atoms with Crippen molar-refractivity contribution < 1.29 is 8.42 Å². The molecule has 1 atom stereocenters. The molecule has 0 unspecified atom stereocenters. The topological polar surface area (TPSA) is 65.5 Å². The van der Waals surface area contributed by atoms with Gasteiger partial charge in [0.1, 0.15) is 5.82 Å². The van der Waals surface area contributed by atoms with Crippen LogP contribution in [0.2, 0.25) is 0 Å². The summed E-state index contributed by atoms with van der Waals surface area (Å²) in [6.07, 6.45) is 3.65. The first-order chi connectivity index (χ1) is 9.45. The molecule has 0 aliphatic carbocycles. The van der Waals surface area contributed by atoms with Gasteiger partial charge in [0.2, 0.25) is 0 Å². The van der Waals surface area contributed by atoms with Gasteiger partial charge in [-0.05, 0) is 36.5 Å². The molecule has 2 rings (SSSR count). The van der Waals surface area contributed by atoms with Crippen LogP contribution in [0.1, 0.15) is 24.3 Å². The average molecular weight is 298 g/mol. The Morgan fingerprint density at radius 1 is 1.45 bits per heavy atom. The molecule has 0 radical (unpaired) electrons. The van der Waals surface area contributed by atoms with E-state index in [0.29, 0.717) is 13.1 Å². The van der Waals surface area contributed by atoms with Crippen LogP contribution >= 0.6 is 0 Å². The number of pyridine rings is 1. The summed E-state index contributed by atoms with van der Waals surface area (Å²) in [5.74, 6) is 1.05. The molecule has 0 spiro atoms. The maximum absolute atomic E-state index is 12.2. The number of nitrogens with one attached hydrogen (secondary N) is 1. The Labute approximate surface area is 121 Å². The number of aromatic nitrogens is 1. The molecular weight excluding hydrogens is 276 g/mol. The smallest absolute Gasteiger partial charge is 0.281 e. The summed E-state index contributed by atoms with van der Waals surface area (Å²) in [6.45, 7) is 1.13. The summed E-state index contributed by atoms with van der Waals surface area (Å²) in [5, 5.41) is 3.01. The lowest BCUT2D eigenvalue weighted by Gasteiger charge is -2.33. The highest BCUT2D eigenvalue weighted by molar-refractivity contribution is 7.86. The van der Waals surface area contributed by atoms with E-state index in [4.69, 9.17) is 0 Å². The normalized spacial score (nSPS) is 21.1. The van der Waals surface area contributed by atoms with E-state index in [1.165, 1.54) is 4.31 Å². The van der Waals surface area contributed by atoms with Crippen LogP contribution in [0.25, 0.3) is 0 Å². The van der Waals surface area contributed by atoms with E-state index in [1.54, 1.807) is 24.6 Å². The van der Waals surface area contributed by atoms with Crippen molar-refractivity contribution in [1.29, 1.82) is 0 Å². The van der Waals surface area contributed by atoms with Crippen LogP contribution in [0.4, 0.5) is 5.82 Å². The zero-order valence-corrected chi connectivity index (χ0v) is 13.0. The van der Waals surface area contributed by atoms with Crippen molar-refractivity contribution in [2.75, 3.05) is 39.5 Å². The first-order valence-electron chi connectivity index (χ1n) is 6.76. The highest BCUT2D eigenvalue weighted by Crippen LogP contribution is 2.29. The third-order valence-corrected chi connectivity index (χ3v) is 5.59. The summed E-state index contributed by atoms with van der Waals surface area (Å²) in [6, 6.07) is 3.97. The van der Waals surface area contributed by atoms with Crippen molar-refractivity contribution in [2.24, 2.45) is 0 Å². The summed E-state index contributed by atoms with van der Waals surface area (Å²) in [4.78, 5) is 4.20. The Hall–Kier alpha value is -1.18. The molecule has 1 N–H and O–H groups in total. The van der Waals surface area contributed by atoms with Gasteiger partial charge in [0.05, 0.1) is 0 Å². The van der Waals surface area contributed by atoms with Gasteiger partial charge in [-0.25, -0.2) is 4.98 Å². The predicted octanol–water partition coefficient (Wildman–Crippen LogP) is 1.11. The molecule has 1 aliphatic heterocycles. The van der Waals surface area contributed by atoms with E-state index in [1.807, 2.05) is 19.2 Å². The molecule has 2 heterocycles. The second kappa shape index (κ2) is 6.07. The molecular formula is C13H22N4O2S. The highest BCUT2D eigenvalue weighted by Gasteiger charge is 2.31. The van der Waals surface area contributed by atoms with Crippen LogP contribution in [0.3, 0.4) is 0 Å². The van der Waals surface area contributed by atoms with Crippen molar-refractivity contribution >= 4 is 16.0 Å². The van der Waals surface area contributed by atoms with Crippen molar-refractivity contribution in [3.63, 3.8) is 0 Å². The maximum Gasteiger partial charge on any atom is 0.281 e. The number of nitrogens with zero attached hydrogens (tertiary/aromatic N) is 3. The fourth-order valence-electron chi connectivity index (χ4n) is 2.49. The SMILES string of the molecule is CNc1cc([C@@H]2CCCN(S(=O)(=O)N(C)C)C2)ccn1. The van der Waals surface area contributed by atoms with Crippen LogP contribution < -0.4 is 5.32 Å². The molecule has 6 nitrogen and oxygen atoms in total. The van der Waals surface area contributed by atoms with E-state index < -0.39 is 10.2 Å². The first kappa shape index (κ1) is 15.2. The molecule has 0 bridgehead atoms. The number of piperidine rings is 1. The zero-order chi connectivity index (χ0) is 14.8. The minimum Gasteiger partial charge on any atom is -0.373 e. The molecule has 1 aromatic heterocycles. The van der Waals surface area contributed by atoms with Crippen molar-refractivity contribution in [2.45, 2.75) is 18.8 Å². The van der Waals surface area contributed by atoms with Crippen LogP contribution in [0.15, 0.2) is 18.3 Å². The van der Waals surface area contributed by atoms with Gasteiger partial charge in [0, 0.05) is 40.4 Å². The lowest BCUT2D eigenvalue weighted by atomic mass is 9.92.